The number of aliphatic hydroxyl groups is 1. The molecule has 1 saturated heterocycles. The number of carbonyl (C=O) groups excluding carboxylic acids is 1. The van der Waals surface area contributed by atoms with Crippen LogP contribution in [0.25, 0.3) is 16.9 Å². The number of fused-ring (bicyclic) bond motifs is 1. The molecule has 1 aromatic carbocycles. The summed E-state index contributed by atoms with van der Waals surface area (Å²) in [6, 6.07) is 9.10. The summed E-state index contributed by atoms with van der Waals surface area (Å²) in [7, 11) is 0. The van der Waals surface area contributed by atoms with Gasteiger partial charge in [0.15, 0.2) is 5.60 Å². The Hall–Kier alpha value is -4.43. The molecule has 0 aliphatic carbocycles. The summed E-state index contributed by atoms with van der Waals surface area (Å²) < 4.78 is 12.9. The number of hydrogen-bond acceptors (Lipinski definition) is 9. The van der Waals surface area contributed by atoms with E-state index in [0.29, 0.717) is 53.0 Å². The van der Waals surface area contributed by atoms with Gasteiger partial charge in [-0.15, -0.1) is 0 Å². The van der Waals surface area contributed by atoms with E-state index in [0.717, 1.165) is 0 Å². The third kappa shape index (κ3) is 4.39. The maximum Gasteiger partial charge on any atom is 0.303 e. The van der Waals surface area contributed by atoms with Gasteiger partial charge in [0.2, 0.25) is 11.9 Å². The van der Waals surface area contributed by atoms with Crippen molar-refractivity contribution < 1.29 is 19.2 Å². The molecule has 0 radical (unpaired) electrons. The Kier molecular flexibility index (Phi) is 5.37. The third-order valence-corrected chi connectivity index (χ3v) is 5.65. The van der Waals surface area contributed by atoms with Crippen LogP contribution < -0.4 is 10.5 Å². The van der Waals surface area contributed by atoms with E-state index in [1.165, 1.54) is 6.92 Å². The van der Waals surface area contributed by atoms with Crippen molar-refractivity contribution in [3.05, 3.63) is 53.5 Å². The zero-order valence-corrected chi connectivity index (χ0v) is 19.4. The molecule has 1 unspecified atom stereocenters. The molecule has 3 aromatic heterocycles. The van der Waals surface area contributed by atoms with Crippen LogP contribution in [0.1, 0.15) is 30.9 Å². The summed E-state index contributed by atoms with van der Waals surface area (Å²) in [5, 5.41) is 14.6. The Labute approximate surface area is 200 Å². The predicted octanol–water partition coefficient (Wildman–Crippen LogP) is 1.56. The van der Waals surface area contributed by atoms with Crippen molar-refractivity contribution in [2.75, 3.05) is 18.8 Å². The number of benzene rings is 1. The van der Waals surface area contributed by atoms with Crippen molar-refractivity contribution in [2.24, 2.45) is 0 Å². The van der Waals surface area contributed by atoms with Crippen LogP contribution in [0, 0.1) is 18.8 Å². The van der Waals surface area contributed by atoms with Crippen molar-refractivity contribution in [1.29, 1.82) is 0 Å². The third-order valence-electron chi connectivity index (χ3n) is 5.65. The van der Waals surface area contributed by atoms with Crippen molar-refractivity contribution >= 4 is 22.9 Å². The first-order chi connectivity index (χ1) is 16.7. The average molecular weight is 473 g/mol. The predicted molar refractivity (Wildman–Crippen MR) is 125 cm³/mol. The fourth-order valence-electron chi connectivity index (χ4n) is 3.69. The summed E-state index contributed by atoms with van der Waals surface area (Å²) in [6.07, 6.45) is 1.36. The summed E-state index contributed by atoms with van der Waals surface area (Å²) >= 11 is 0. The molecule has 0 bridgehead atoms. The molecular weight excluding hydrogens is 450 g/mol. The van der Waals surface area contributed by atoms with E-state index in [-0.39, 0.29) is 18.0 Å². The first kappa shape index (κ1) is 22.4. The number of imidazole rings is 1. The van der Waals surface area contributed by atoms with Gasteiger partial charge in [-0.05, 0) is 32.0 Å². The zero-order valence-electron chi connectivity index (χ0n) is 19.4. The normalized spacial score (nSPS) is 15.3. The minimum Gasteiger partial charge on any atom is -0.457 e. The Morgan fingerprint density at radius 3 is 2.77 bits per heavy atom. The minimum absolute atomic E-state index is 0.00167. The smallest absolute Gasteiger partial charge is 0.303 e. The maximum absolute atomic E-state index is 11.5. The monoisotopic (exact) mass is 473 g/mol. The van der Waals surface area contributed by atoms with Crippen LogP contribution in [0.3, 0.4) is 0 Å². The van der Waals surface area contributed by atoms with Crippen molar-refractivity contribution in [1.82, 2.24) is 29.6 Å². The number of hydrogen-bond donors (Lipinski definition) is 2. The van der Waals surface area contributed by atoms with Gasteiger partial charge in [0.25, 0.3) is 0 Å². The summed E-state index contributed by atoms with van der Waals surface area (Å²) in [5.41, 5.74) is 6.65. The highest BCUT2D eigenvalue weighted by Crippen LogP contribution is 2.28. The number of likely N-dealkylation sites (tertiary alicyclic amines) is 1. The van der Waals surface area contributed by atoms with E-state index in [1.807, 2.05) is 12.1 Å². The van der Waals surface area contributed by atoms with Crippen LogP contribution in [0.4, 0.5) is 5.95 Å². The number of nitrogens with zero attached hydrogens (tertiary/aromatic N) is 6. The van der Waals surface area contributed by atoms with Crippen LogP contribution in [0.15, 0.2) is 41.1 Å². The van der Waals surface area contributed by atoms with Crippen molar-refractivity contribution in [3.8, 4) is 23.7 Å². The average Bonchev–Trinajstić information content (AvgIpc) is 3.37. The fraction of sp³-hybridized carbons (Fsp3) is 0.292. The lowest BCUT2D eigenvalue weighted by Gasteiger charge is -2.37. The Bertz CT molecular complexity index is 1490. The second-order valence-corrected chi connectivity index (χ2v) is 8.52. The van der Waals surface area contributed by atoms with Crippen molar-refractivity contribution in [3.63, 3.8) is 0 Å². The number of anilines is 1. The molecule has 1 amide bonds. The standard InChI is InChI=1S/C24H23N7O4/c1-14-10-20(29-35-14)24(3,33)8-6-16-4-5-18-19(11-16)31(21-7-9-26-22(25)28-21)23(27-18)34-17-12-30(13-17)15(2)32/h4-5,7,9-11,17,33H,12-13H2,1-3H3,(H2,25,26,28). The highest BCUT2D eigenvalue weighted by molar-refractivity contribution is 5.80. The second kappa shape index (κ2) is 8.41. The van der Waals surface area contributed by atoms with Crippen LogP contribution >= 0.6 is 0 Å². The largest absolute Gasteiger partial charge is 0.457 e. The SMILES string of the molecule is CC(=O)N1CC(Oc2nc3ccc(C#CC(C)(O)c4cc(C)on4)cc3n2-c2ccnc(N)n2)C1. The molecule has 0 spiro atoms. The van der Waals surface area contributed by atoms with Gasteiger partial charge in [0, 0.05) is 30.8 Å². The van der Waals surface area contributed by atoms with Gasteiger partial charge in [0.1, 0.15) is 23.4 Å². The lowest BCUT2D eigenvalue weighted by Crippen LogP contribution is -2.55. The quantitative estimate of drug-likeness (QED) is 0.422. The molecule has 0 saturated carbocycles. The van der Waals surface area contributed by atoms with Crippen molar-refractivity contribution in [2.45, 2.75) is 32.5 Å². The zero-order chi connectivity index (χ0) is 24.7. The van der Waals surface area contributed by atoms with Crippen LogP contribution in [0.5, 0.6) is 6.01 Å². The van der Waals surface area contributed by atoms with E-state index in [9.17, 15) is 9.90 Å². The highest BCUT2D eigenvalue weighted by Gasteiger charge is 2.32. The first-order valence-electron chi connectivity index (χ1n) is 10.9. The van der Waals surface area contributed by atoms with E-state index in [2.05, 4.69) is 31.9 Å². The molecule has 35 heavy (non-hydrogen) atoms. The maximum atomic E-state index is 11.5. The topological polar surface area (TPSA) is 145 Å². The number of ether oxygens (including phenoxy) is 1. The molecule has 3 N–H and O–H groups in total. The molecule has 11 heteroatoms. The molecular formula is C24H23N7O4. The van der Waals surface area contributed by atoms with E-state index < -0.39 is 5.60 Å². The number of amides is 1. The molecule has 1 aliphatic rings. The van der Waals surface area contributed by atoms with Gasteiger partial charge in [-0.2, -0.15) is 9.97 Å². The molecule has 5 rings (SSSR count). The number of aromatic nitrogens is 5. The molecule has 4 aromatic rings. The van der Waals surface area contributed by atoms with Crippen LogP contribution in [-0.2, 0) is 10.4 Å². The number of nitrogens with two attached hydrogens (primary N) is 1. The number of aryl methyl sites for hydroxylation is 1. The molecule has 1 atom stereocenters. The van der Waals surface area contributed by atoms with Gasteiger partial charge in [-0.1, -0.05) is 17.0 Å². The molecule has 178 valence electrons. The fourth-order valence-corrected chi connectivity index (χ4v) is 3.69. The van der Waals surface area contributed by atoms with Gasteiger partial charge >= 0.3 is 6.01 Å². The molecule has 1 aliphatic heterocycles. The second-order valence-electron chi connectivity index (χ2n) is 8.52. The highest BCUT2D eigenvalue weighted by atomic mass is 16.5. The number of carbonyl (C=O) groups is 1. The molecule has 1 fully saturated rings. The first-order valence-corrected chi connectivity index (χ1v) is 10.9. The van der Waals surface area contributed by atoms with E-state index >= 15 is 0 Å². The summed E-state index contributed by atoms with van der Waals surface area (Å²) in [4.78, 5) is 26.1. The Balaban J connectivity index is 1.53. The lowest BCUT2D eigenvalue weighted by atomic mass is 10.0. The Morgan fingerprint density at radius 1 is 1.29 bits per heavy atom. The minimum atomic E-state index is -1.49. The van der Waals surface area contributed by atoms with Crippen LogP contribution in [-0.4, -0.2) is 59.8 Å². The van der Waals surface area contributed by atoms with Gasteiger partial charge in [0.05, 0.1) is 24.1 Å². The van der Waals surface area contributed by atoms with E-state index in [4.69, 9.17) is 15.0 Å². The Morgan fingerprint density at radius 2 is 2.09 bits per heavy atom. The van der Waals surface area contributed by atoms with Gasteiger partial charge in [-0.25, -0.2) is 9.55 Å². The summed E-state index contributed by atoms with van der Waals surface area (Å²) in [5.74, 6) is 7.02. The number of nitrogen functional groups attached to an aromatic ring is 1. The van der Waals surface area contributed by atoms with Gasteiger partial charge in [-0.3, -0.25) is 4.79 Å². The number of rotatable bonds is 4. The van der Waals surface area contributed by atoms with Gasteiger partial charge < -0.3 is 25.0 Å². The van der Waals surface area contributed by atoms with E-state index in [1.54, 1.807) is 47.7 Å². The lowest BCUT2D eigenvalue weighted by molar-refractivity contribution is -0.137. The molecule has 4 heterocycles. The molecule has 11 nitrogen and oxygen atoms in total. The summed E-state index contributed by atoms with van der Waals surface area (Å²) in [6.45, 7) is 5.79. The van der Waals surface area contributed by atoms with Crippen LogP contribution in [0.2, 0.25) is 0 Å².